The second-order valence-electron chi connectivity index (χ2n) is 6.59. The van der Waals surface area contributed by atoms with Gasteiger partial charge in [-0.15, -0.1) is 32.9 Å². The molecule has 5 heterocycles. The molecule has 0 radical (unpaired) electrons. The summed E-state index contributed by atoms with van der Waals surface area (Å²) >= 11 is 3.17. The molecule has 0 spiro atoms. The Bertz CT molecular complexity index is 1080. The van der Waals surface area contributed by atoms with Gasteiger partial charge in [0, 0.05) is 30.6 Å². The SMILES string of the molecule is O=C(c1csc(-c2cccs2)n1)N1CCCC(c2nnc3ccccn23)C1. The zero-order chi connectivity index (χ0) is 18.2. The Labute approximate surface area is 164 Å². The van der Waals surface area contributed by atoms with Crippen molar-refractivity contribution in [3.8, 4) is 9.88 Å². The highest BCUT2D eigenvalue weighted by atomic mass is 32.1. The van der Waals surface area contributed by atoms with E-state index in [4.69, 9.17) is 0 Å². The van der Waals surface area contributed by atoms with Crippen LogP contribution in [0.1, 0.15) is 35.1 Å². The van der Waals surface area contributed by atoms with E-state index in [9.17, 15) is 4.79 Å². The highest BCUT2D eigenvalue weighted by molar-refractivity contribution is 7.20. The summed E-state index contributed by atoms with van der Waals surface area (Å²) in [6, 6.07) is 9.92. The van der Waals surface area contributed by atoms with E-state index in [1.165, 1.54) is 11.3 Å². The lowest BCUT2D eigenvalue weighted by Gasteiger charge is -2.31. The third-order valence-electron chi connectivity index (χ3n) is 4.87. The fourth-order valence-corrected chi connectivity index (χ4v) is 5.17. The molecular formula is C19H17N5OS2. The molecule has 4 aromatic rings. The van der Waals surface area contributed by atoms with E-state index >= 15 is 0 Å². The third-order valence-corrected chi connectivity index (χ3v) is 6.75. The molecule has 1 aliphatic rings. The molecule has 0 bridgehead atoms. The zero-order valence-electron chi connectivity index (χ0n) is 14.5. The van der Waals surface area contributed by atoms with E-state index in [0.29, 0.717) is 12.2 Å². The Morgan fingerprint density at radius 1 is 1.15 bits per heavy atom. The number of thiazole rings is 1. The molecule has 1 amide bonds. The van der Waals surface area contributed by atoms with E-state index < -0.39 is 0 Å². The van der Waals surface area contributed by atoms with Crippen LogP contribution >= 0.6 is 22.7 Å². The minimum Gasteiger partial charge on any atom is -0.337 e. The summed E-state index contributed by atoms with van der Waals surface area (Å²) in [6.45, 7) is 1.41. The number of thiophene rings is 1. The first kappa shape index (κ1) is 16.6. The zero-order valence-corrected chi connectivity index (χ0v) is 16.1. The van der Waals surface area contributed by atoms with Crippen molar-refractivity contribution in [2.24, 2.45) is 0 Å². The van der Waals surface area contributed by atoms with Crippen LogP contribution in [-0.2, 0) is 0 Å². The van der Waals surface area contributed by atoms with Crippen molar-refractivity contribution < 1.29 is 4.79 Å². The lowest BCUT2D eigenvalue weighted by Crippen LogP contribution is -2.39. The van der Waals surface area contributed by atoms with Gasteiger partial charge in [0.25, 0.3) is 5.91 Å². The molecule has 1 atom stereocenters. The van der Waals surface area contributed by atoms with Crippen LogP contribution in [0.2, 0.25) is 0 Å². The van der Waals surface area contributed by atoms with Gasteiger partial charge in [-0.1, -0.05) is 12.1 Å². The molecule has 0 aliphatic carbocycles. The predicted octanol–water partition coefficient (Wildman–Crippen LogP) is 3.93. The van der Waals surface area contributed by atoms with Crippen LogP contribution in [0.5, 0.6) is 0 Å². The first-order valence-electron chi connectivity index (χ1n) is 8.88. The van der Waals surface area contributed by atoms with Gasteiger partial charge >= 0.3 is 0 Å². The summed E-state index contributed by atoms with van der Waals surface area (Å²) in [7, 11) is 0. The standard InChI is InChI=1S/C19H17N5OS2/c25-19(14-12-27-18(20-14)15-6-4-10-26-15)23-8-3-5-13(11-23)17-22-21-16-7-1-2-9-24(16)17/h1-2,4,6-7,9-10,12-13H,3,5,8,11H2. The number of carbonyl (C=O) groups excluding carboxylic acids is 1. The van der Waals surface area contributed by atoms with Gasteiger partial charge < -0.3 is 4.90 Å². The Morgan fingerprint density at radius 3 is 3.00 bits per heavy atom. The van der Waals surface area contributed by atoms with E-state index in [0.717, 1.165) is 40.7 Å². The van der Waals surface area contributed by atoms with E-state index in [1.807, 2.05) is 56.6 Å². The molecule has 0 N–H and O–H groups in total. The van der Waals surface area contributed by atoms with Crippen LogP contribution in [0.4, 0.5) is 0 Å². The minimum atomic E-state index is 0.00702. The maximum atomic E-state index is 13.0. The first-order valence-corrected chi connectivity index (χ1v) is 10.6. The number of piperidine rings is 1. The largest absolute Gasteiger partial charge is 0.337 e. The number of aromatic nitrogens is 4. The summed E-state index contributed by atoms with van der Waals surface area (Å²) in [4.78, 5) is 20.6. The molecule has 0 aromatic carbocycles. The summed E-state index contributed by atoms with van der Waals surface area (Å²) < 4.78 is 2.02. The number of carbonyl (C=O) groups is 1. The number of rotatable bonds is 3. The highest BCUT2D eigenvalue weighted by Crippen LogP contribution is 2.30. The van der Waals surface area contributed by atoms with E-state index in [2.05, 4.69) is 15.2 Å². The van der Waals surface area contributed by atoms with Gasteiger partial charge in [0.15, 0.2) is 5.65 Å². The summed E-state index contributed by atoms with van der Waals surface area (Å²) in [6.07, 6.45) is 3.95. The van der Waals surface area contributed by atoms with Crippen molar-refractivity contribution in [1.29, 1.82) is 0 Å². The smallest absolute Gasteiger partial charge is 0.273 e. The molecule has 1 fully saturated rings. The maximum Gasteiger partial charge on any atom is 0.273 e. The van der Waals surface area contributed by atoms with Gasteiger partial charge in [-0.2, -0.15) is 0 Å². The van der Waals surface area contributed by atoms with Crippen molar-refractivity contribution in [2.45, 2.75) is 18.8 Å². The molecule has 27 heavy (non-hydrogen) atoms. The number of likely N-dealkylation sites (tertiary alicyclic amines) is 1. The maximum absolute atomic E-state index is 13.0. The monoisotopic (exact) mass is 395 g/mol. The number of hydrogen-bond acceptors (Lipinski definition) is 6. The van der Waals surface area contributed by atoms with Gasteiger partial charge in [0.05, 0.1) is 4.88 Å². The molecule has 6 nitrogen and oxygen atoms in total. The van der Waals surface area contributed by atoms with Crippen LogP contribution < -0.4 is 0 Å². The lowest BCUT2D eigenvalue weighted by atomic mass is 9.97. The number of pyridine rings is 1. The number of amides is 1. The molecule has 1 saturated heterocycles. The molecule has 4 aromatic heterocycles. The Kier molecular flexibility index (Phi) is 4.21. The average Bonchev–Trinajstić information content (AvgIpc) is 3.47. The number of nitrogens with zero attached hydrogens (tertiary/aromatic N) is 5. The van der Waals surface area contributed by atoms with E-state index in [1.54, 1.807) is 11.3 Å². The fraction of sp³-hybridized carbons (Fsp3) is 0.263. The molecule has 1 unspecified atom stereocenters. The summed E-state index contributed by atoms with van der Waals surface area (Å²) in [5.41, 5.74) is 1.38. The molecule has 136 valence electrons. The van der Waals surface area contributed by atoms with Crippen molar-refractivity contribution in [3.63, 3.8) is 0 Å². The highest BCUT2D eigenvalue weighted by Gasteiger charge is 2.29. The normalized spacial score (nSPS) is 17.5. The van der Waals surface area contributed by atoms with Crippen molar-refractivity contribution in [1.82, 2.24) is 24.5 Å². The second kappa shape index (κ2) is 6.86. The van der Waals surface area contributed by atoms with Crippen molar-refractivity contribution >= 4 is 34.2 Å². The molecule has 5 rings (SSSR count). The minimum absolute atomic E-state index is 0.00702. The fourth-order valence-electron chi connectivity index (χ4n) is 3.56. The topological polar surface area (TPSA) is 63.4 Å². The Morgan fingerprint density at radius 2 is 2.11 bits per heavy atom. The van der Waals surface area contributed by atoms with Crippen LogP contribution in [-0.4, -0.2) is 43.5 Å². The average molecular weight is 396 g/mol. The second-order valence-corrected chi connectivity index (χ2v) is 8.40. The number of hydrogen-bond donors (Lipinski definition) is 0. The van der Waals surface area contributed by atoms with Crippen molar-refractivity contribution in [3.05, 3.63) is 58.8 Å². The quantitative estimate of drug-likeness (QED) is 0.527. The van der Waals surface area contributed by atoms with Crippen LogP contribution in [0.25, 0.3) is 15.5 Å². The number of fused-ring (bicyclic) bond motifs is 1. The van der Waals surface area contributed by atoms with Crippen LogP contribution in [0.3, 0.4) is 0 Å². The van der Waals surface area contributed by atoms with E-state index in [-0.39, 0.29) is 11.8 Å². The summed E-state index contributed by atoms with van der Waals surface area (Å²) in [5, 5.41) is 13.4. The third kappa shape index (κ3) is 3.04. The molecule has 1 aliphatic heterocycles. The molecule has 8 heteroatoms. The van der Waals surface area contributed by atoms with Crippen LogP contribution in [0, 0.1) is 0 Å². The Hall–Kier alpha value is -2.58. The lowest BCUT2D eigenvalue weighted by molar-refractivity contribution is 0.0699. The van der Waals surface area contributed by atoms with Gasteiger partial charge in [-0.25, -0.2) is 4.98 Å². The predicted molar refractivity (Wildman–Crippen MR) is 106 cm³/mol. The summed E-state index contributed by atoms with van der Waals surface area (Å²) in [5.74, 6) is 1.13. The van der Waals surface area contributed by atoms with Gasteiger partial charge in [0.2, 0.25) is 0 Å². The molecular weight excluding hydrogens is 378 g/mol. The van der Waals surface area contributed by atoms with Gasteiger partial charge in [-0.3, -0.25) is 9.20 Å². The Balaban J connectivity index is 1.37. The van der Waals surface area contributed by atoms with Gasteiger partial charge in [0.1, 0.15) is 16.5 Å². The van der Waals surface area contributed by atoms with Crippen molar-refractivity contribution in [2.75, 3.05) is 13.1 Å². The van der Waals surface area contributed by atoms with Crippen LogP contribution in [0.15, 0.2) is 47.3 Å². The van der Waals surface area contributed by atoms with Gasteiger partial charge in [-0.05, 0) is 36.4 Å². The molecule has 0 saturated carbocycles. The first-order chi connectivity index (χ1) is 13.3.